The van der Waals surface area contributed by atoms with Crippen LogP contribution >= 0.6 is 0 Å². The van der Waals surface area contributed by atoms with Gasteiger partial charge in [0.05, 0.1) is 0 Å². The van der Waals surface area contributed by atoms with Crippen LogP contribution in [0, 0.1) is 0 Å². The Morgan fingerprint density at radius 3 is 2.60 bits per heavy atom. The van der Waals surface area contributed by atoms with Gasteiger partial charge in [-0.2, -0.15) is 0 Å². The van der Waals surface area contributed by atoms with Gasteiger partial charge >= 0.3 is 0 Å². The molecule has 0 spiro atoms. The molecule has 3 aromatic carbocycles. The second-order valence-electron chi connectivity index (χ2n) is 5.83. The van der Waals surface area contributed by atoms with E-state index in [2.05, 4.69) is 0 Å². The van der Waals surface area contributed by atoms with E-state index in [9.17, 15) is 4.79 Å². The molecular weight excluding hydrogens is 312 g/mol. The molecule has 0 aliphatic carbocycles. The summed E-state index contributed by atoms with van der Waals surface area (Å²) in [7, 11) is 0. The van der Waals surface area contributed by atoms with Gasteiger partial charge in [0.15, 0.2) is 0 Å². The van der Waals surface area contributed by atoms with Gasteiger partial charge in [0.1, 0.15) is 30.0 Å². The minimum absolute atomic E-state index is 0.521. The summed E-state index contributed by atoms with van der Waals surface area (Å²) in [5.41, 5.74) is 3.46. The van der Waals surface area contributed by atoms with E-state index in [1.54, 1.807) is 6.07 Å². The fourth-order valence-electron chi connectivity index (χ4n) is 2.76. The lowest BCUT2D eigenvalue weighted by molar-refractivity contribution is 0.112. The largest absolute Gasteiger partial charge is 0.489 e. The Morgan fingerprint density at radius 1 is 0.880 bits per heavy atom. The lowest BCUT2D eigenvalue weighted by Crippen LogP contribution is -1.94. The summed E-state index contributed by atoms with van der Waals surface area (Å²) in [6.07, 6.45) is 0.837. The number of carbonyl (C=O) groups is 1. The van der Waals surface area contributed by atoms with Gasteiger partial charge in [-0.25, -0.2) is 0 Å². The molecule has 122 valence electrons. The molecule has 0 bridgehead atoms. The number of carbonyl (C=O) groups excluding carboxylic acids is 1. The lowest BCUT2D eigenvalue weighted by atomic mass is 10.1. The third-order valence-corrected chi connectivity index (χ3v) is 4.04. The first-order valence-corrected chi connectivity index (χ1v) is 8.08. The number of ether oxygens (including phenoxy) is 1. The molecule has 0 aliphatic rings. The van der Waals surface area contributed by atoms with Crippen LogP contribution in [-0.2, 0) is 6.61 Å². The Morgan fingerprint density at radius 2 is 1.76 bits per heavy atom. The highest BCUT2D eigenvalue weighted by atomic mass is 16.5. The van der Waals surface area contributed by atoms with E-state index in [0.29, 0.717) is 12.2 Å². The van der Waals surface area contributed by atoms with Crippen molar-refractivity contribution < 1.29 is 13.9 Å². The first-order chi connectivity index (χ1) is 12.3. The Kier molecular flexibility index (Phi) is 4.05. The van der Waals surface area contributed by atoms with Gasteiger partial charge in [-0.05, 0) is 42.0 Å². The first-order valence-electron chi connectivity index (χ1n) is 8.08. The molecule has 4 aromatic rings. The molecule has 0 aliphatic heterocycles. The Labute approximate surface area is 145 Å². The molecule has 3 nitrogen and oxygen atoms in total. The number of aldehydes is 1. The molecule has 0 unspecified atom stereocenters. The van der Waals surface area contributed by atoms with Crippen LogP contribution in [-0.4, -0.2) is 6.29 Å². The van der Waals surface area contributed by atoms with Crippen molar-refractivity contribution in [3.05, 3.63) is 90.0 Å². The molecular formula is C22H16O3. The van der Waals surface area contributed by atoms with Crippen molar-refractivity contribution >= 4 is 17.3 Å². The van der Waals surface area contributed by atoms with E-state index in [1.165, 1.54) is 0 Å². The average Bonchev–Trinajstić information content (AvgIpc) is 3.10. The predicted octanol–water partition coefficient (Wildman–Crippen LogP) is 5.49. The van der Waals surface area contributed by atoms with Gasteiger partial charge < -0.3 is 9.15 Å². The summed E-state index contributed by atoms with van der Waals surface area (Å²) in [4.78, 5) is 10.9. The smallest absolute Gasteiger partial charge is 0.150 e. The zero-order chi connectivity index (χ0) is 17.1. The summed E-state index contributed by atoms with van der Waals surface area (Å²) >= 11 is 0. The lowest BCUT2D eigenvalue weighted by Gasteiger charge is -2.07. The van der Waals surface area contributed by atoms with Crippen LogP contribution in [0.2, 0.25) is 0 Å². The topological polar surface area (TPSA) is 39.4 Å². The van der Waals surface area contributed by atoms with Crippen molar-refractivity contribution in [3.8, 4) is 17.1 Å². The molecule has 0 radical (unpaired) electrons. The van der Waals surface area contributed by atoms with E-state index < -0.39 is 0 Å². The number of hydrogen-bond acceptors (Lipinski definition) is 3. The maximum absolute atomic E-state index is 10.9. The van der Waals surface area contributed by atoms with E-state index in [0.717, 1.165) is 39.9 Å². The molecule has 3 heteroatoms. The van der Waals surface area contributed by atoms with E-state index in [-0.39, 0.29) is 0 Å². The highest BCUT2D eigenvalue weighted by molar-refractivity contribution is 5.88. The minimum atomic E-state index is 0.521. The highest BCUT2D eigenvalue weighted by Gasteiger charge is 2.08. The van der Waals surface area contributed by atoms with Gasteiger partial charge in [0, 0.05) is 16.5 Å². The van der Waals surface area contributed by atoms with E-state index in [4.69, 9.17) is 9.15 Å². The van der Waals surface area contributed by atoms with Gasteiger partial charge in [-0.3, -0.25) is 4.79 Å². The number of rotatable bonds is 5. The molecule has 0 amide bonds. The van der Waals surface area contributed by atoms with Gasteiger partial charge in [0.2, 0.25) is 0 Å². The van der Waals surface area contributed by atoms with Crippen LogP contribution in [0.5, 0.6) is 5.75 Å². The van der Waals surface area contributed by atoms with E-state index >= 15 is 0 Å². The van der Waals surface area contributed by atoms with Crippen molar-refractivity contribution in [3.63, 3.8) is 0 Å². The molecule has 0 saturated heterocycles. The van der Waals surface area contributed by atoms with E-state index in [1.807, 2.05) is 72.8 Å². The standard InChI is InChI=1S/C22H16O3/c23-14-17-9-10-21-19(11-17)13-22(25-21)18-7-4-8-20(12-18)24-15-16-5-2-1-3-6-16/h1-14H,15H2. The van der Waals surface area contributed by atoms with Crippen LogP contribution in [0.3, 0.4) is 0 Å². The SMILES string of the molecule is O=Cc1ccc2oc(-c3cccc(OCc4ccccc4)c3)cc2c1. The van der Waals surface area contributed by atoms with Gasteiger partial charge in [-0.15, -0.1) is 0 Å². The van der Waals surface area contributed by atoms with Crippen molar-refractivity contribution in [2.45, 2.75) is 6.61 Å². The molecule has 0 saturated carbocycles. The maximum atomic E-state index is 10.9. The predicted molar refractivity (Wildman–Crippen MR) is 97.8 cm³/mol. The summed E-state index contributed by atoms with van der Waals surface area (Å²) < 4.78 is 11.8. The quantitative estimate of drug-likeness (QED) is 0.455. The van der Waals surface area contributed by atoms with Crippen molar-refractivity contribution in [1.29, 1.82) is 0 Å². The monoisotopic (exact) mass is 328 g/mol. The van der Waals surface area contributed by atoms with Crippen molar-refractivity contribution in [2.75, 3.05) is 0 Å². The van der Waals surface area contributed by atoms with Crippen LogP contribution in [0.15, 0.2) is 83.3 Å². The maximum Gasteiger partial charge on any atom is 0.150 e. The zero-order valence-corrected chi connectivity index (χ0v) is 13.5. The fraction of sp³-hybridized carbons (Fsp3) is 0.0455. The number of fused-ring (bicyclic) bond motifs is 1. The third-order valence-electron chi connectivity index (χ3n) is 4.04. The number of hydrogen-bond donors (Lipinski definition) is 0. The number of furan rings is 1. The third kappa shape index (κ3) is 3.31. The van der Waals surface area contributed by atoms with Gasteiger partial charge in [0.25, 0.3) is 0 Å². The Balaban J connectivity index is 1.59. The minimum Gasteiger partial charge on any atom is -0.489 e. The Hall–Kier alpha value is -3.33. The van der Waals surface area contributed by atoms with Gasteiger partial charge in [-0.1, -0.05) is 42.5 Å². The summed E-state index contributed by atoms with van der Waals surface area (Å²) in [6.45, 7) is 0.521. The highest BCUT2D eigenvalue weighted by Crippen LogP contribution is 2.30. The van der Waals surface area contributed by atoms with Crippen molar-refractivity contribution in [1.82, 2.24) is 0 Å². The molecule has 4 rings (SSSR count). The molecule has 0 fully saturated rings. The molecule has 1 aromatic heterocycles. The van der Waals surface area contributed by atoms with Crippen LogP contribution in [0.25, 0.3) is 22.3 Å². The van der Waals surface area contributed by atoms with Crippen LogP contribution < -0.4 is 4.74 Å². The molecule has 25 heavy (non-hydrogen) atoms. The second kappa shape index (κ2) is 6.65. The summed E-state index contributed by atoms with van der Waals surface area (Å²) in [5, 5.41) is 0.912. The average molecular weight is 328 g/mol. The number of benzene rings is 3. The normalized spacial score (nSPS) is 10.7. The van der Waals surface area contributed by atoms with Crippen LogP contribution in [0.1, 0.15) is 15.9 Å². The fourth-order valence-corrected chi connectivity index (χ4v) is 2.76. The van der Waals surface area contributed by atoms with Crippen molar-refractivity contribution in [2.24, 2.45) is 0 Å². The molecule has 1 heterocycles. The van der Waals surface area contributed by atoms with Crippen LogP contribution in [0.4, 0.5) is 0 Å². The summed E-state index contributed by atoms with van der Waals surface area (Å²) in [6, 6.07) is 25.2. The first kappa shape index (κ1) is 15.2. The summed E-state index contributed by atoms with van der Waals surface area (Å²) in [5.74, 6) is 1.54. The Bertz CT molecular complexity index is 1020. The second-order valence-corrected chi connectivity index (χ2v) is 5.83. The zero-order valence-electron chi connectivity index (χ0n) is 13.5. The molecule has 0 atom stereocenters. The molecule has 0 N–H and O–H groups in total.